The predicted octanol–water partition coefficient (Wildman–Crippen LogP) is 2.12. The van der Waals surface area contributed by atoms with Gasteiger partial charge in [0.2, 0.25) is 0 Å². The van der Waals surface area contributed by atoms with Gasteiger partial charge in [-0.1, -0.05) is 26.0 Å². The Labute approximate surface area is 118 Å². The fourth-order valence-corrected chi connectivity index (χ4v) is 4.21. The Balaban J connectivity index is 3.16. The van der Waals surface area contributed by atoms with Gasteiger partial charge in [-0.3, -0.25) is 4.79 Å². The number of rotatable bonds is 6. The van der Waals surface area contributed by atoms with Gasteiger partial charge in [-0.2, -0.15) is 5.26 Å². The van der Waals surface area contributed by atoms with Crippen LogP contribution in [0.1, 0.15) is 37.8 Å². The van der Waals surface area contributed by atoms with Crippen LogP contribution in [0.25, 0.3) is 0 Å². The Morgan fingerprint density at radius 3 is 2.10 bits per heavy atom. The first-order valence-corrected chi connectivity index (χ1v) is 7.93. The summed E-state index contributed by atoms with van der Waals surface area (Å²) in [6, 6.07) is 8.05. The number of carboxylic acids is 1. The summed E-state index contributed by atoms with van der Waals surface area (Å²) in [5, 5.41) is 18.0. The van der Waals surface area contributed by atoms with E-state index in [0.717, 1.165) is 0 Å². The van der Waals surface area contributed by atoms with Crippen LogP contribution in [0.15, 0.2) is 24.3 Å². The molecule has 0 aliphatic heterocycles. The van der Waals surface area contributed by atoms with Crippen LogP contribution in [0.3, 0.4) is 0 Å². The third kappa shape index (κ3) is 2.83. The van der Waals surface area contributed by atoms with Crippen molar-refractivity contribution in [3.8, 4) is 6.07 Å². The number of benzene rings is 1. The Hall–Kier alpha value is -1.87. The summed E-state index contributed by atoms with van der Waals surface area (Å²) < 4.78 is 23.1. The molecule has 5 nitrogen and oxygen atoms in total. The first-order valence-electron chi connectivity index (χ1n) is 6.27. The number of nitrogens with zero attached hydrogens (tertiary/aromatic N) is 1. The molecule has 0 amide bonds. The average Bonchev–Trinajstić information content (AvgIpc) is 2.40. The summed E-state index contributed by atoms with van der Waals surface area (Å²) in [6.07, 6.45) is 0.0505. The fourth-order valence-electron chi connectivity index (χ4n) is 2.16. The van der Waals surface area contributed by atoms with Crippen molar-refractivity contribution >= 4 is 15.8 Å². The molecule has 0 radical (unpaired) electrons. The van der Waals surface area contributed by atoms with Crippen molar-refractivity contribution in [1.82, 2.24) is 0 Å². The fraction of sp³-hybridized carbons (Fsp3) is 0.429. The zero-order chi connectivity index (χ0) is 15.4. The lowest BCUT2D eigenvalue weighted by Gasteiger charge is -2.26. The molecule has 0 aliphatic rings. The quantitative estimate of drug-likeness (QED) is 0.867. The lowest BCUT2D eigenvalue weighted by Crippen LogP contribution is -2.46. The van der Waals surface area contributed by atoms with Gasteiger partial charge in [0, 0.05) is 0 Å². The number of hydrogen-bond donors (Lipinski definition) is 1. The van der Waals surface area contributed by atoms with Gasteiger partial charge in [0.05, 0.1) is 17.4 Å². The zero-order valence-corrected chi connectivity index (χ0v) is 12.3. The van der Waals surface area contributed by atoms with Crippen LogP contribution in [0, 0.1) is 11.3 Å². The average molecular weight is 295 g/mol. The highest BCUT2D eigenvalue weighted by molar-refractivity contribution is 7.92. The molecule has 6 heteroatoms. The standard InChI is InChI=1S/C14H17NO4S/c1-3-14(4-2,13(16)17)20(18,19)10-12-7-5-11(9-15)6-8-12/h5-8H,3-4,10H2,1-2H3,(H,16,17). The van der Waals surface area contributed by atoms with Gasteiger partial charge in [-0.15, -0.1) is 0 Å². The summed E-state index contributed by atoms with van der Waals surface area (Å²) in [7, 11) is -3.84. The van der Waals surface area contributed by atoms with E-state index in [-0.39, 0.29) is 18.6 Å². The van der Waals surface area contributed by atoms with Crippen LogP contribution in [0.4, 0.5) is 0 Å². The smallest absolute Gasteiger partial charge is 0.325 e. The number of sulfone groups is 1. The molecule has 1 aromatic rings. The molecule has 0 fully saturated rings. The Bertz CT molecular complexity index is 622. The molecule has 0 heterocycles. The van der Waals surface area contributed by atoms with E-state index in [1.807, 2.05) is 6.07 Å². The second kappa shape index (κ2) is 6.06. The lowest BCUT2D eigenvalue weighted by atomic mass is 10.0. The van der Waals surface area contributed by atoms with Crippen LogP contribution in [-0.4, -0.2) is 24.2 Å². The van der Waals surface area contributed by atoms with Crippen molar-refractivity contribution in [2.45, 2.75) is 37.2 Å². The molecule has 0 saturated heterocycles. The molecule has 1 rings (SSSR count). The highest BCUT2D eigenvalue weighted by Crippen LogP contribution is 2.29. The third-order valence-corrected chi connectivity index (χ3v) is 6.22. The minimum absolute atomic E-state index is 0.0252. The van der Waals surface area contributed by atoms with E-state index in [2.05, 4.69) is 0 Å². The van der Waals surface area contributed by atoms with E-state index in [1.54, 1.807) is 13.8 Å². The molecule has 0 bridgehead atoms. The maximum absolute atomic E-state index is 12.4. The van der Waals surface area contributed by atoms with Crippen LogP contribution >= 0.6 is 0 Å². The molecular formula is C14H17NO4S. The summed E-state index contributed by atoms with van der Waals surface area (Å²) in [5.41, 5.74) is 0.915. The number of carboxylic acid groups (broad SMARTS) is 1. The van der Waals surface area contributed by atoms with Crippen LogP contribution in [-0.2, 0) is 20.4 Å². The molecule has 0 aliphatic carbocycles. The first kappa shape index (κ1) is 16.2. The number of nitriles is 1. The monoisotopic (exact) mass is 295 g/mol. The van der Waals surface area contributed by atoms with Crippen LogP contribution in [0.5, 0.6) is 0 Å². The van der Waals surface area contributed by atoms with Gasteiger partial charge in [0.25, 0.3) is 0 Å². The van der Waals surface area contributed by atoms with Gasteiger partial charge in [-0.05, 0) is 30.5 Å². The van der Waals surface area contributed by atoms with Crippen LogP contribution < -0.4 is 0 Å². The minimum Gasteiger partial charge on any atom is -0.480 e. The SMILES string of the molecule is CCC(CC)(C(=O)O)S(=O)(=O)Cc1ccc(C#N)cc1. The summed E-state index contributed by atoms with van der Waals surface area (Å²) in [6.45, 7) is 3.13. The Morgan fingerprint density at radius 2 is 1.75 bits per heavy atom. The minimum atomic E-state index is -3.84. The maximum Gasteiger partial charge on any atom is 0.325 e. The van der Waals surface area contributed by atoms with Gasteiger partial charge in [0.15, 0.2) is 14.6 Å². The number of aliphatic carboxylic acids is 1. The van der Waals surface area contributed by atoms with Crippen molar-refractivity contribution in [1.29, 1.82) is 5.26 Å². The normalized spacial score (nSPS) is 11.8. The zero-order valence-electron chi connectivity index (χ0n) is 11.5. The topological polar surface area (TPSA) is 95.2 Å². The predicted molar refractivity (Wildman–Crippen MR) is 74.7 cm³/mol. The van der Waals surface area contributed by atoms with Crippen molar-refractivity contribution < 1.29 is 18.3 Å². The summed E-state index contributed by atoms with van der Waals surface area (Å²) in [5.74, 6) is -1.65. The Morgan fingerprint density at radius 1 is 1.25 bits per heavy atom. The second-order valence-corrected chi connectivity index (χ2v) is 6.87. The van der Waals surface area contributed by atoms with Crippen molar-refractivity contribution in [3.63, 3.8) is 0 Å². The van der Waals surface area contributed by atoms with Crippen LogP contribution in [0.2, 0.25) is 0 Å². The highest BCUT2D eigenvalue weighted by atomic mass is 32.2. The third-order valence-electron chi connectivity index (χ3n) is 3.57. The molecule has 1 N–H and O–H groups in total. The van der Waals surface area contributed by atoms with Gasteiger partial charge in [-0.25, -0.2) is 8.42 Å². The second-order valence-electron chi connectivity index (χ2n) is 4.57. The molecule has 108 valence electrons. The largest absolute Gasteiger partial charge is 0.480 e. The van der Waals surface area contributed by atoms with E-state index in [1.165, 1.54) is 24.3 Å². The summed E-state index contributed by atoms with van der Waals surface area (Å²) in [4.78, 5) is 11.4. The highest BCUT2D eigenvalue weighted by Gasteiger charge is 2.47. The maximum atomic E-state index is 12.4. The number of hydrogen-bond acceptors (Lipinski definition) is 4. The van der Waals surface area contributed by atoms with Crippen molar-refractivity contribution in [3.05, 3.63) is 35.4 Å². The lowest BCUT2D eigenvalue weighted by molar-refractivity contribution is -0.140. The van der Waals surface area contributed by atoms with E-state index in [9.17, 15) is 18.3 Å². The molecule has 0 spiro atoms. The molecule has 0 atom stereocenters. The van der Waals surface area contributed by atoms with E-state index in [0.29, 0.717) is 11.1 Å². The van der Waals surface area contributed by atoms with Crippen molar-refractivity contribution in [2.24, 2.45) is 0 Å². The van der Waals surface area contributed by atoms with E-state index < -0.39 is 20.6 Å². The number of carbonyl (C=O) groups is 1. The molecular weight excluding hydrogens is 278 g/mol. The summed E-state index contributed by atoms with van der Waals surface area (Å²) >= 11 is 0. The molecule has 0 saturated carbocycles. The molecule has 0 aromatic heterocycles. The molecule has 0 unspecified atom stereocenters. The Kier molecular flexibility index (Phi) is 4.90. The van der Waals surface area contributed by atoms with E-state index >= 15 is 0 Å². The van der Waals surface area contributed by atoms with Gasteiger partial charge in [0.1, 0.15) is 0 Å². The first-order chi connectivity index (χ1) is 9.32. The van der Waals surface area contributed by atoms with Gasteiger partial charge >= 0.3 is 5.97 Å². The van der Waals surface area contributed by atoms with E-state index in [4.69, 9.17) is 5.26 Å². The molecule has 20 heavy (non-hydrogen) atoms. The molecule has 1 aromatic carbocycles. The van der Waals surface area contributed by atoms with Gasteiger partial charge < -0.3 is 5.11 Å². The van der Waals surface area contributed by atoms with Crippen molar-refractivity contribution in [2.75, 3.05) is 0 Å².